The summed E-state index contributed by atoms with van der Waals surface area (Å²) >= 11 is 0. The van der Waals surface area contributed by atoms with Crippen molar-refractivity contribution in [3.05, 3.63) is 0 Å². The highest BCUT2D eigenvalue weighted by Crippen LogP contribution is 2.39. The molecule has 0 aromatic heterocycles. The van der Waals surface area contributed by atoms with Crippen LogP contribution in [0.1, 0.15) is 58.8 Å². The van der Waals surface area contributed by atoms with Crippen LogP contribution in [0, 0.1) is 5.41 Å². The normalized spacial score (nSPS) is 33.8. The zero-order chi connectivity index (χ0) is 12.5. The van der Waals surface area contributed by atoms with Crippen LogP contribution in [0.15, 0.2) is 0 Å². The van der Waals surface area contributed by atoms with Crippen molar-refractivity contribution in [1.29, 1.82) is 0 Å². The highest BCUT2D eigenvalue weighted by molar-refractivity contribution is 5.67. The van der Waals surface area contributed by atoms with Crippen LogP contribution in [0.5, 0.6) is 0 Å². The Morgan fingerprint density at radius 1 is 1.35 bits per heavy atom. The molecule has 1 N–H and O–H groups in total. The predicted molar refractivity (Wildman–Crippen MR) is 68.0 cm³/mol. The van der Waals surface area contributed by atoms with Gasteiger partial charge < -0.3 is 5.11 Å². The maximum Gasteiger partial charge on any atom is 0.304 e. The molecule has 0 radical (unpaired) electrons. The quantitative estimate of drug-likeness (QED) is 0.823. The van der Waals surface area contributed by atoms with E-state index in [1.165, 1.54) is 32.1 Å². The molecule has 0 bridgehead atoms. The van der Waals surface area contributed by atoms with E-state index in [0.717, 1.165) is 13.0 Å². The highest BCUT2D eigenvalue weighted by atomic mass is 16.4. The molecular weight excluding hydrogens is 214 g/mol. The molecule has 2 rings (SSSR count). The summed E-state index contributed by atoms with van der Waals surface area (Å²) in [6.07, 6.45) is 7.70. The van der Waals surface area contributed by atoms with Gasteiger partial charge in [0.05, 0.1) is 6.42 Å². The maximum absolute atomic E-state index is 10.9. The van der Waals surface area contributed by atoms with E-state index in [0.29, 0.717) is 23.9 Å². The molecule has 2 unspecified atom stereocenters. The van der Waals surface area contributed by atoms with E-state index in [-0.39, 0.29) is 0 Å². The van der Waals surface area contributed by atoms with Crippen LogP contribution in [0.2, 0.25) is 0 Å². The smallest absolute Gasteiger partial charge is 0.304 e. The molecule has 0 spiro atoms. The van der Waals surface area contributed by atoms with Gasteiger partial charge in [-0.15, -0.1) is 0 Å². The Kier molecular flexibility index (Phi) is 3.76. The van der Waals surface area contributed by atoms with Crippen LogP contribution in [0.3, 0.4) is 0 Å². The Hall–Kier alpha value is -0.570. The van der Waals surface area contributed by atoms with E-state index in [2.05, 4.69) is 18.7 Å². The van der Waals surface area contributed by atoms with Gasteiger partial charge in [0.2, 0.25) is 0 Å². The van der Waals surface area contributed by atoms with Gasteiger partial charge in [0.1, 0.15) is 0 Å². The molecule has 3 heteroatoms. The third-order valence-corrected chi connectivity index (χ3v) is 4.48. The van der Waals surface area contributed by atoms with Crippen molar-refractivity contribution >= 4 is 5.97 Å². The summed E-state index contributed by atoms with van der Waals surface area (Å²) < 4.78 is 0. The lowest BCUT2D eigenvalue weighted by Crippen LogP contribution is -2.44. The second kappa shape index (κ2) is 4.97. The Labute approximate surface area is 104 Å². The molecule has 1 aliphatic carbocycles. The van der Waals surface area contributed by atoms with Crippen molar-refractivity contribution < 1.29 is 9.90 Å². The van der Waals surface area contributed by atoms with Crippen molar-refractivity contribution in [3.8, 4) is 0 Å². The van der Waals surface area contributed by atoms with Crippen LogP contribution in [-0.2, 0) is 4.79 Å². The van der Waals surface area contributed by atoms with E-state index < -0.39 is 5.97 Å². The van der Waals surface area contributed by atoms with Crippen LogP contribution in [0.4, 0.5) is 0 Å². The Morgan fingerprint density at radius 2 is 2.12 bits per heavy atom. The molecule has 3 nitrogen and oxygen atoms in total. The number of hydrogen-bond donors (Lipinski definition) is 1. The minimum Gasteiger partial charge on any atom is -0.481 e. The number of hydrogen-bond acceptors (Lipinski definition) is 2. The molecule has 17 heavy (non-hydrogen) atoms. The van der Waals surface area contributed by atoms with Gasteiger partial charge in [-0.05, 0) is 44.1 Å². The number of nitrogens with zero attached hydrogens (tertiary/aromatic N) is 1. The third-order valence-electron chi connectivity index (χ3n) is 4.48. The van der Waals surface area contributed by atoms with Gasteiger partial charge in [-0.25, -0.2) is 0 Å². The van der Waals surface area contributed by atoms with Crippen molar-refractivity contribution in [3.63, 3.8) is 0 Å². The molecule has 1 aliphatic heterocycles. The summed E-state index contributed by atoms with van der Waals surface area (Å²) in [6, 6.07) is 0.928. The van der Waals surface area contributed by atoms with Crippen molar-refractivity contribution in [2.75, 3.05) is 6.54 Å². The van der Waals surface area contributed by atoms with Crippen LogP contribution >= 0.6 is 0 Å². The predicted octanol–water partition coefficient (Wildman–Crippen LogP) is 2.89. The molecule has 2 fully saturated rings. The molecule has 0 aromatic rings. The fourth-order valence-electron chi connectivity index (χ4n) is 3.70. The fraction of sp³-hybridized carbons (Fsp3) is 0.929. The molecule has 1 saturated carbocycles. The minimum absolute atomic E-state index is 0.298. The molecule has 0 aromatic carbocycles. The summed E-state index contributed by atoms with van der Waals surface area (Å²) in [4.78, 5) is 13.4. The van der Waals surface area contributed by atoms with Crippen molar-refractivity contribution in [2.45, 2.75) is 70.9 Å². The van der Waals surface area contributed by atoms with Gasteiger partial charge in [0, 0.05) is 12.1 Å². The molecule has 2 aliphatic rings. The molecule has 1 saturated heterocycles. The zero-order valence-electron chi connectivity index (χ0n) is 11.1. The topological polar surface area (TPSA) is 40.5 Å². The third kappa shape index (κ3) is 3.21. The van der Waals surface area contributed by atoms with Crippen LogP contribution in [0.25, 0.3) is 0 Å². The summed E-state index contributed by atoms with van der Waals surface area (Å²) in [5, 5.41) is 8.97. The number of carboxylic acid groups (broad SMARTS) is 1. The zero-order valence-corrected chi connectivity index (χ0v) is 11.1. The average Bonchev–Trinajstić information content (AvgIpc) is 2.63. The second-order valence-electron chi connectivity index (χ2n) is 6.55. The van der Waals surface area contributed by atoms with Gasteiger partial charge in [0.25, 0.3) is 0 Å². The summed E-state index contributed by atoms with van der Waals surface area (Å²) in [5.41, 5.74) is 0.444. The average molecular weight is 239 g/mol. The van der Waals surface area contributed by atoms with Crippen molar-refractivity contribution in [2.24, 2.45) is 5.41 Å². The molecule has 2 atom stereocenters. The lowest BCUT2D eigenvalue weighted by atomic mass is 9.74. The van der Waals surface area contributed by atoms with E-state index >= 15 is 0 Å². The van der Waals surface area contributed by atoms with E-state index in [1.807, 2.05) is 0 Å². The van der Waals surface area contributed by atoms with E-state index in [9.17, 15) is 4.79 Å². The van der Waals surface area contributed by atoms with Crippen molar-refractivity contribution in [1.82, 2.24) is 4.90 Å². The highest BCUT2D eigenvalue weighted by Gasteiger charge is 2.37. The van der Waals surface area contributed by atoms with Crippen LogP contribution < -0.4 is 0 Å². The second-order valence-corrected chi connectivity index (χ2v) is 6.55. The molecule has 1 heterocycles. The summed E-state index contributed by atoms with van der Waals surface area (Å²) in [6.45, 7) is 5.81. The van der Waals surface area contributed by atoms with Gasteiger partial charge in [-0.2, -0.15) is 0 Å². The van der Waals surface area contributed by atoms with E-state index in [1.54, 1.807) is 0 Å². The number of carbonyl (C=O) groups is 1. The molecular formula is C14H25NO2. The first-order valence-corrected chi connectivity index (χ1v) is 6.95. The number of rotatable bonds is 3. The first-order chi connectivity index (χ1) is 7.98. The summed E-state index contributed by atoms with van der Waals surface area (Å²) in [7, 11) is 0. The first-order valence-electron chi connectivity index (χ1n) is 6.95. The van der Waals surface area contributed by atoms with Gasteiger partial charge in [-0.3, -0.25) is 9.69 Å². The number of likely N-dealkylation sites (tertiary alicyclic amines) is 1. The Bertz CT molecular complexity index is 288. The number of aliphatic carboxylic acids is 1. The summed E-state index contributed by atoms with van der Waals surface area (Å²) in [5.74, 6) is -0.642. The molecule has 0 amide bonds. The SMILES string of the molecule is CC1(C)CCCC(N2CCCC2CC(=O)O)C1. The van der Waals surface area contributed by atoms with Gasteiger partial charge >= 0.3 is 5.97 Å². The van der Waals surface area contributed by atoms with E-state index in [4.69, 9.17) is 5.11 Å². The lowest BCUT2D eigenvalue weighted by molar-refractivity contribution is -0.138. The maximum atomic E-state index is 10.9. The Morgan fingerprint density at radius 3 is 2.76 bits per heavy atom. The Balaban J connectivity index is 1.98. The first kappa shape index (κ1) is 12.9. The fourth-order valence-corrected chi connectivity index (χ4v) is 3.70. The van der Waals surface area contributed by atoms with Gasteiger partial charge in [0.15, 0.2) is 0 Å². The van der Waals surface area contributed by atoms with Crippen LogP contribution in [-0.4, -0.2) is 34.6 Å². The van der Waals surface area contributed by atoms with Gasteiger partial charge in [-0.1, -0.05) is 20.3 Å². The standard InChI is InChI=1S/C14H25NO2/c1-14(2)7-3-5-12(10-14)15-8-4-6-11(15)9-13(16)17/h11-12H,3-10H2,1-2H3,(H,16,17). The minimum atomic E-state index is -0.642. The monoisotopic (exact) mass is 239 g/mol. The lowest BCUT2D eigenvalue weighted by Gasteiger charge is -2.41. The molecule has 98 valence electrons. The number of carboxylic acids is 1. The largest absolute Gasteiger partial charge is 0.481 e.